The van der Waals surface area contributed by atoms with Gasteiger partial charge in [0.25, 0.3) is 5.91 Å². The van der Waals surface area contributed by atoms with E-state index in [2.05, 4.69) is 24.8 Å². The van der Waals surface area contributed by atoms with Gasteiger partial charge in [-0.05, 0) is 25.0 Å². The molecule has 0 radical (unpaired) electrons. The van der Waals surface area contributed by atoms with Crippen molar-refractivity contribution in [2.45, 2.75) is 31.7 Å². The van der Waals surface area contributed by atoms with Crippen LogP contribution in [0, 0.1) is 0 Å². The second-order valence-corrected chi connectivity index (χ2v) is 6.05. The molecule has 1 saturated carbocycles. The first-order chi connectivity index (χ1) is 11.7. The molecule has 24 heavy (non-hydrogen) atoms. The molecule has 0 saturated heterocycles. The van der Waals surface area contributed by atoms with Crippen molar-refractivity contribution in [1.82, 2.24) is 19.5 Å². The van der Waals surface area contributed by atoms with Crippen molar-refractivity contribution in [3.05, 3.63) is 52.8 Å². The smallest absolute Gasteiger partial charge is 0.257 e. The lowest BCUT2D eigenvalue weighted by molar-refractivity contribution is 0.102. The fourth-order valence-corrected chi connectivity index (χ4v) is 3.18. The van der Waals surface area contributed by atoms with Crippen LogP contribution in [0.3, 0.4) is 0 Å². The largest absolute Gasteiger partial charge is 0.327 e. The molecular weight excluding hydrogens is 306 g/mol. The number of anilines is 1. The Hall–Kier alpha value is -2.96. The van der Waals surface area contributed by atoms with E-state index in [0.29, 0.717) is 17.3 Å². The molecule has 0 spiro atoms. The van der Waals surface area contributed by atoms with Crippen LogP contribution in [-0.4, -0.2) is 25.4 Å². The number of aromatic amines is 1. The van der Waals surface area contributed by atoms with Crippen LogP contribution in [0.4, 0.5) is 5.69 Å². The maximum atomic E-state index is 12.3. The highest BCUT2D eigenvalue weighted by atomic mass is 16.1. The highest BCUT2D eigenvalue weighted by Crippen LogP contribution is 2.31. The lowest BCUT2D eigenvalue weighted by atomic mass is 10.2. The van der Waals surface area contributed by atoms with Crippen molar-refractivity contribution in [1.29, 1.82) is 0 Å². The SMILES string of the molecule is O=C(Nc1ccc(=O)[nH]c1)c1cnc2c(c1)ncn2C1CCCC1. The van der Waals surface area contributed by atoms with Crippen LogP contribution in [0.15, 0.2) is 41.7 Å². The number of amides is 1. The molecule has 3 heterocycles. The Kier molecular flexibility index (Phi) is 3.60. The lowest BCUT2D eigenvalue weighted by Gasteiger charge is -2.11. The maximum Gasteiger partial charge on any atom is 0.257 e. The average Bonchev–Trinajstić information content (AvgIpc) is 3.25. The number of fused-ring (bicyclic) bond motifs is 1. The summed E-state index contributed by atoms with van der Waals surface area (Å²) in [6.07, 6.45) is 9.63. The summed E-state index contributed by atoms with van der Waals surface area (Å²) in [7, 11) is 0. The molecule has 3 aromatic heterocycles. The van der Waals surface area contributed by atoms with Crippen LogP contribution >= 0.6 is 0 Å². The van der Waals surface area contributed by atoms with Crippen LogP contribution in [0.5, 0.6) is 0 Å². The normalized spacial score (nSPS) is 15.0. The zero-order chi connectivity index (χ0) is 16.5. The summed E-state index contributed by atoms with van der Waals surface area (Å²) in [5.74, 6) is -0.285. The number of carbonyl (C=O) groups is 1. The molecule has 0 unspecified atom stereocenters. The number of pyridine rings is 2. The summed E-state index contributed by atoms with van der Waals surface area (Å²) in [6, 6.07) is 5.12. The van der Waals surface area contributed by atoms with Gasteiger partial charge in [-0.1, -0.05) is 12.8 Å². The van der Waals surface area contributed by atoms with Crippen LogP contribution in [-0.2, 0) is 0 Å². The molecule has 4 rings (SSSR count). The van der Waals surface area contributed by atoms with E-state index in [9.17, 15) is 9.59 Å². The molecule has 0 bridgehead atoms. The molecule has 0 aliphatic heterocycles. The maximum absolute atomic E-state index is 12.3. The van der Waals surface area contributed by atoms with Crippen molar-refractivity contribution in [2.24, 2.45) is 0 Å². The standard InChI is InChI=1S/C17H17N5O2/c23-15-6-5-12(9-18-15)21-17(24)11-7-14-16(19-8-11)22(10-20-14)13-3-1-2-4-13/h5-10,13H,1-4H2,(H,18,23)(H,21,24). The van der Waals surface area contributed by atoms with Gasteiger partial charge >= 0.3 is 0 Å². The zero-order valence-corrected chi connectivity index (χ0v) is 13.0. The van der Waals surface area contributed by atoms with Gasteiger partial charge in [0.15, 0.2) is 5.65 Å². The average molecular weight is 323 g/mol. The van der Waals surface area contributed by atoms with Crippen LogP contribution in [0.25, 0.3) is 11.2 Å². The second kappa shape index (κ2) is 5.92. The van der Waals surface area contributed by atoms with E-state index in [4.69, 9.17) is 0 Å². The van der Waals surface area contributed by atoms with E-state index >= 15 is 0 Å². The number of rotatable bonds is 3. The third-order valence-corrected chi connectivity index (χ3v) is 4.44. The summed E-state index contributed by atoms with van der Waals surface area (Å²) in [5.41, 5.74) is 2.29. The highest BCUT2D eigenvalue weighted by molar-refractivity contribution is 6.05. The van der Waals surface area contributed by atoms with Gasteiger partial charge in [-0.2, -0.15) is 0 Å². The van der Waals surface area contributed by atoms with Gasteiger partial charge in [0.2, 0.25) is 5.56 Å². The van der Waals surface area contributed by atoms with E-state index in [1.165, 1.54) is 25.1 Å². The van der Waals surface area contributed by atoms with E-state index < -0.39 is 0 Å². The van der Waals surface area contributed by atoms with Crippen molar-refractivity contribution in [3.8, 4) is 0 Å². The van der Waals surface area contributed by atoms with Crippen molar-refractivity contribution >= 4 is 22.8 Å². The monoisotopic (exact) mass is 323 g/mol. The summed E-state index contributed by atoms with van der Waals surface area (Å²) < 4.78 is 2.12. The van der Waals surface area contributed by atoms with Crippen LogP contribution in [0.1, 0.15) is 42.1 Å². The minimum absolute atomic E-state index is 0.214. The number of hydrogen-bond donors (Lipinski definition) is 2. The van der Waals surface area contributed by atoms with Gasteiger partial charge in [0, 0.05) is 24.5 Å². The van der Waals surface area contributed by atoms with Gasteiger partial charge in [-0.3, -0.25) is 9.59 Å². The molecule has 0 aromatic carbocycles. The summed E-state index contributed by atoms with van der Waals surface area (Å²) in [4.78, 5) is 34.7. The molecule has 1 aliphatic carbocycles. The highest BCUT2D eigenvalue weighted by Gasteiger charge is 2.20. The molecule has 7 heteroatoms. The second-order valence-electron chi connectivity index (χ2n) is 6.05. The Morgan fingerprint density at radius 1 is 1.25 bits per heavy atom. The van der Waals surface area contributed by atoms with Gasteiger partial charge in [0.05, 0.1) is 17.6 Å². The van der Waals surface area contributed by atoms with Gasteiger partial charge in [-0.15, -0.1) is 0 Å². The van der Waals surface area contributed by atoms with Crippen LogP contribution in [0.2, 0.25) is 0 Å². The van der Waals surface area contributed by atoms with Gasteiger partial charge in [0.1, 0.15) is 5.52 Å². The number of carbonyl (C=O) groups excluding carboxylic acids is 1. The topological polar surface area (TPSA) is 92.7 Å². The van der Waals surface area contributed by atoms with Crippen molar-refractivity contribution in [2.75, 3.05) is 5.32 Å². The fraction of sp³-hybridized carbons (Fsp3) is 0.294. The predicted molar refractivity (Wildman–Crippen MR) is 90.0 cm³/mol. The molecule has 3 aromatic rings. The number of imidazole rings is 1. The van der Waals surface area contributed by atoms with Gasteiger partial charge < -0.3 is 14.9 Å². The Labute approximate surface area is 137 Å². The third kappa shape index (κ3) is 2.68. The molecular formula is C17H17N5O2. The fourth-order valence-electron chi connectivity index (χ4n) is 3.18. The Balaban J connectivity index is 1.59. The third-order valence-electron chi connectivity index (χ3n) is 4.44. The van der Waals surface area contributed by atoms with Crippen LogP contribution < -0.4 is 10.9 Å². The minimum Gasteiger partial charge on any atom is -0.327 e. The molecule has 2 N–H and O–H groups in total. The molecule has 1 aliphatic rings. The number of aromatic nitrogens is 4. The number of nitrogens with one attached hydrogen (secondary N) is 2. The molecule has 122 valence electrons. The first-order valence-electron chi connectivity index (χ1n) is 8.03. The quantitative estimate of drug-likeness (QED) is 0.774. The summed E-state index contributed by atoms with van der Waals surface area (Å²) >= 11 is 0. The van der Waals surface area contributed by atoms with E-state index in [-0.39, 0.29) is 11.5 Å². The Bertz CT molecular complexity index is 933. The number of nitrogens with zero attached hydrogens (tertiary/aromatic N) is 3. The lowest BCUT2D eigenvalue weighted by Crippen LogP contribution is -2.14. The summed E-state index contributed by atoms with van der Waals surface area (Å²) in [6.45, 7) is 0. The molecule has 1 fully saturated rings. The molecule has 0 atom stereocenters. The molecule has 1 amide bonds. The Morgan fingerprint density at radius 3 is 2.83 bits per heavy atom. The van der Waals surface area contributed by atoms with Crippen molar-refractivity contribution in [3.63, 3.8) is 0 Å². The van der Waals surface area contributed by atoms with Gasteiger partial charge in [-0.25, -0.2) is 9.97 Å². The zero-order valence-electron chi connectivity index (χ0n) is 13.0. The minimum atomic E-state index is -0.285. The van der Waals surface area contributed by atoms with E-state index in [1.807, 2.05) is 6.33 Å². The van der Waals surface area contributed by atoms with E-state index in [0.717, 1.165) is 24.0 Å². The predicted octanol–water partition coefficient (Wildman–Crippen LogP) is 2.49. The first-order valence-corrected chi connectivity index (χ1v) is 8.03. The number of hydrogen-bond acceptors (Lipinski definition) is 4. The molecule has 7 nitrogen and oxygen atoms in total. The summed E-state index contributed by atoms with van der Waals surface area (Å²) in [5, 5.41) is 2.73. The number of H-pyrrole nitrogens is 1. The van der Waals surface area contributed by atoms with Crippen molar-refractivity contribution < 1.29 is 4.79 Å². The Morgan fingerprint density at radius 2 is 2.08 bits per heavy atom. The first kappa shape index (κ1) is 14.6. The van der Waals surface area contributed by atoms with E-state index in [1.54, 1.807) is 18.3 Å².